The number of carboxylic acids is 1. The predicted octanol–water partition coefficient (Wildman–Crippen LogP) is 0.110. The van der Waals surface area contributed by atoms with Crippen LogP contribution in [-0.4, -0.2) is 43.2 Å². The van der Waals surface area contributed by atoms with E-state index in [0.717, 1.165) is 13.0 Å². The molecule has 0 bridgehead atoms. The third-order valence-corrected chi connectivity index (χ3v) is 2.91. The van der Waals surface area contributed by atoms with Crippen LogP contribution in [0.5, 0.6) is 0 Å². The summed E-state index contributed by atoms with van der Waals surface area (Å²) in [5.41, 5.74) is 11.7. The zero-order valence-corrected chi connectivity index (χ0v) is 13.0. The quantitative estimate of drug-likeness (QED) is 0.229. The van der Waals surface area contributed by atoms with E-state index in [9.17, 15) is 4.79 Å². The fraction of sp³-hybridized carbons (Fsp3) is 0.467. The second kappa shape index (κ2) is 12.6. The molecule has 8 N–H and O–H groups in total. The number of carboxylic acid groups (broad SMARTS) is 1. The van der Waals surface area contributed by atoms with E-state index < -0.39 is 12.0 Å². The van der Waals surface area contributed by atoms with Gasteiger partial charge < -0.3 is 27.2 Å². The molecule has 1 rings (SSSR count). The van der Waals surface area contributed by atoms with Gasteiger partial charge in [0.1, 0.15) is 6.04 Å². The molecule has 0 amide bonds. The molecule has 0 aliphatic carbocycles. The maximum absolute atomic E-state index is 10.5. The monoisotopic (exact) mass is 309 g/mol. The first-order valence-corrected chi connectivity index (χ1v) is 7.23. The summed E-state index contributed by atoms with van der Waals surface area (Å²) in [5.74, 6) is -0.943. The number of nitrogens with one attached hydrogen (secondary N) is 3. The average molecular weight is 309 g/mol. The van der Waals surface area contributed by atoms with Crippen molar-refractivity contribution in [1.29, 1.82) is 5.41 Å². The number of likely N-dealkylation sites (N-methyl/N-ethyl adjacent to an activating group) is 1. The summed E-state index contributed by atoms with van der Waals surface area (Å²) in [5, 5.41) is 20.8. The first-order chi connectivity index (χ1) is 10.5. The molecule has 7 heteroatoms. The molecule has 7 nitrogen and oxygen atoms in total. The minimum absolute atomic E-state index is 0.0867. The van der Waals surface area contributed by atoms with Gasteiger partial charge in [0.15, 0.2) is 5.96 Å². The fourth-order valence-corrected chi connectivity index (χ4v) is 1.73. The number of rotatable bonds is 8. The summed E-state index contributed by atoms with van der Waals surface area (Å²) < 4.78 is 0. The zero-order valence-electron chi connectivity index (χ0n) is 13.0. The minimum atomic E-state index is -0.856. The van der Waals surface area contributed by atoms with Crippen LogP contribution in [0.1, 0.15) is 18.4 Å². The van der Waals surface area contributed by atoms with Crippen LogP contribution in [0.2, 0.25) is 0 Å². The maximum atomic E-state index is 10.5. The highest BCUT2D eigenvalue weighted by Crippen LogP contribution is 1.97. The largest absolute Gasteiger partial charge is 0.480 e. The van der Waals surface area contributed by atoms with Crippen molar-refractivity contribution in [2.24, 2.45) is 11.5 Å². The topological polar surface area (TPSA) is 137 Å². The molecule has 0 aromatic heterocycles. The summed E-state index contributed by atoms with van der Waals surface area (Å²) in [7, 11) is 1.61. The van der Waals surface area contributed by atoms with Gasteiger partial charge in [0.2, 0.25) is 0 Å². The molecule has 0 spiro atoms. The Morgan fingerprint density at radius 2 is 2.00 bits per heavy atom. The van der Waals surface area contributed by atoms with E-state index in [0.29, 0.717) is 19.4 Å². The van der Waals surface area contributed by atoms with Crippen LogP contribution >= 0.6 is 0 Å². The van der Waals surface area contributed by atoms with Gasteiger partial charge in [-0.1, -0.05) is 30.3 Å². The van der Waals surface area contributed by atoms with Crippen LogP contribution in [0, 0.1) is 5.41 Å². The van der Waals surface area contributed by atoms with Gasteiger partial charge in [0.25, 0.3) is 0 Å². The van der Waals surface area contributed by atoms with E-state index >= 15 is 0 Å². The van der Waals surface area contributed by atoms with E-state index in [4.69, 9.17) is 22.0 Å². The molecule has 0 radical (unpaired) electrons. The van der Waals surface area contributed by atoms with E-state index in [2.05, 4.69) is 22.8 Å². The molecule has 1 aromatic rings. The van der Waals surface area contributed by atoms with Gasteiger partial charge in [-0.15, -0.1) is 0 Å². The van der Waals surface area contributed by atoms with Gasteiger partial charge in [0.05, 0.1) is 0 Å². The van der Waals surface area contributed by atoms with Crippen molar-refractivity contribution in [2.45, 2.75) is 25.3 Å². The third-order valence-electron chi connectivity index (χ3n) is 2.91. The van der Waals surface area contributed by atoms with Crippen LogP contribution in [0.15, 0.2) is 30.3 Å². The van der Waals surface area contributed by atoms with E-state index in [1.807, 2.05) is 18.2 Å². The van der Waals surface area contributed by atoms with Crippen LogP contribution in [0.3, 0.4) is 0 Å². The van der Waals surface area contributed by atoms with Gasteiger partial charge in [-0.05, 0) is 38.4 Å². The van der Waals surface area contributed by atoms with Crippen molar-refractivity contribution in [3.63, 3.8) is 0 Å². The van der Waals surface area contributed by atoms with Crippen LogP contribution in [0.25, 0.3) is 0 Å². The summed E-state index contributed by atoms with van der Waals surface area (Å²) in [6.07, 6.45) is 2.17. The third kappa shape index (κ3) is 10.6. The van der Waals surface area contributed by atoms with Gasteiger partial charge >= 0.3 is 5.97 Å². The van der Waals surface area contributed by atoms with Crippen LogP contribution in [0.4, 0.5) is 0 Å². The Labute approximate surface area is 131 Å². The number of benzene rings is 1. The molecule has 0 fully saturated rings. The maximum Gasteiger partial charge on any atom is 0.320 e. The summed E-state index contributed by atoms with van der Waals surface area (Å²) in [6.45, 7) is 1.27. The highest BCUT2D eigenvalue weighted by molar-refractivity contribution is 5.74. The normalized spacial score (nSPS) is 11.0. The van der Waals surface area contributed by atoms with Gasteiger partial charge in [-0.3, -0.25) is 10.2 Å². The van der Waals surface area contributed by atoms with Crippen molar-refractivity contribution in [3.8, 4) is 0 Å². The molecule has 124 valence electrons. The minimum Gasteiger partial charge on any atom is -0.480 e. The van der Waals surface area contributed by atoms with Crippen molar-refractivity contribution >= 4 is 11.9 Å². The molecule has 1 aromatic carbocycles. The Hall–Kier alpha value is -2.12. The van der Waals surface area contributed by atoms with Crippen LogP contribution < -0.4 is 22.1 Å². The Morgan fingerprint density at radius 1 is 1.36 bits per heavy atom. The lowest BCUT2D eigenvalue weighted by atomic mass is 10.1. The van der Waals surface area contributed by atoms with Crippen molar-refractivity contribution in [2.75, 3.05) is 20.1 Å². The van der Waals surface area contributed by atoms with E-state index in [1.54, 1.807) is 7.05 Å². The number of hydrogen-bond acceptors (Lipinski definition) is 4. The van der Waals surface area contributed by atoms with Crippen LogP contribution in [-0.2, 0) is 11.2 Å². The summed E-state index contributed by atoms with van der Waals surface area (Å²) in [4.78, 5) is 10.5. The molecule has 0 aliphatic rings. The van der Waals surface area contributed by atoms with Crippen molar-refractivity contribution in [1.82, 2.24) is 10.6 Å². The Kier molecular flexibility index (Phi) is 11.4. The lowest BCUT2D eigenvalue weighted by molar-refractivity contribution is -0.139. The SMILES string of the molecule is CNC(CCCNC(=N)N)C(=O)O.NCCc1ccccc1. The Morgan fingerprint density at radius 3 is 2.45 bits per heavy atom. The summed E-state index contributed by atoms with van der Waals surface area (Å²) >= 11 is 0. The molecular weight excluding hydrogens is 282 g/mol. The first kappa shape index (κ1) is 19.9. The zero-order chi connectivity index (χ0) is 16.8. The molecule has 22 heavy (non-hydrogen) atoms. The molecular formula is C15H27N5O2. The standard InChI is InChI=1S/C8H11N.C7H16N4O2/c9-7-6-8-4-2-1-3-5-8;1-10-5(6(12)13)3-2-4-11-7(8)9/h1-5H,6-7,9H2;5,10H,2-4H2,1H3,(H,12,13)(H4,8,9,11). The highest BCUT2D eigenvalue weighted by Gasteiger charge is 2.13. The summed E-state index contributed by atoms with van der Waals surface area (Å²) in [6, 6.07) is 9.74. The van der Waals surface area contributed by atoms with E-state index in [1.165, 1.54) is 5.56 Å². The van der Waals surface area contributed by atoms with Crippen molar-refractivity contribution in [3.05, 3.63) is 35.9 Å². The molecule has 0 saturated heterocycles. The lowest BCUT2D eigenvalue weighted by Gasteiger charge is -2.10. The van der Waals surface area contributed by atoms with Gasteiger partial charge in [-0.25, -0.2) is 0 Å². The molecule has 1 unspecified atom stereocenters. The number of nitrogens with two attached hydrogens (primary N) is 2. The molecule has 1 atom stereocenters. The van der Waals surface area contributed by atoms with Gasteiger partial charge in [-0.2, -0.15) is 0 Å². The Balaban J connectivity index is 0.000000425. The van der Waals surface area contributed by atoms with Crippen molar-refractivity contribution < 1.29 is 9.90 Å². The van der Waals surface area contributed by atoms with Gasteiger partial charge in [0, 0.05) is 6.54 Å². The first-order valence-electron chi connectivity index (χ1n) is 7.23. The fourth-order valence-electron chi connectivity index (χ4n) is 1.73. The Bertz CT molecular complexity index is 425. The average Bonchev–Trinajstić information content (AvgIpc) is 2.49. The molecule has 0 aliphatic heterocycles. The number of carbonyl (C=O) groups is 1. The number of aliphatic carboxylic acids is 1. The number of guanidine groups is 1. The highest BCUT2D eigenvalue weighted by atomic mass is 16.4. The molecule has 0 saturated carbocycles. The molecule has 0 heterocycles. The predicted molar refractivity (Wildman–Crippen MR) is 88.8 cm³/mol. The second-order valence-electron chi connectivity index (χ2n) is 4.69. The number of hydrogen-bond donors (Lipinski definition) is 6. The lowest BCUT2D eigenvalue weighted by Crippen LogP contribution is -2.36. The smallest absolute Gasteiger partial charge is 0.320 e. The second-order valence-corrected chi connectivity index (χ2v) is 4.69. The van der Waals surface area contributed by atoms with E-state index in [-0.39, 0.29) is 5.96 Å².